The maximum atomic E-state index is 13.0. The smallest absolute Gasteiger partial charge is 0.165 e. The topological polar surface area (TPSA) is 47.6 Å². The van der Waals surface area contributed by atoms with Gasteiger partial charge in [0.2, 0.25) is 0 Å². The highest BCUT2D eigenvalue weighted by atomic mass is 16.5. The van der Waals surface area contributed by atoms with Crippen LogP contribution in [0.15, 0.2) is 48.5 Å². The molecule has 1 unspecified atom stereocenters. The van der Waals surface area contributed by atoms with Crippen molar-refractivity contribution >= 4 is 11.5 Å². The van der Waals surface area contributed by atoms with Gasteiger partial charge in [-0.2, -0.15) is 0 Å². The number of allylic oxidation sites excluding steroid dienone is 1. The van der Waals surface area contributed by atoms with Gasteiger partial charge < -0.3 is 14.8 Å². The number of hydrogen-bond donors (Lipinski definition) is 1. The summed E-state index contributed by atoms with van der Waals surface area (Å²) in [6, 6.07) is 13.9. The number of carbonyl (C=O) groups is 1. The van der Waals surface area contributed by atoms with Gasteiger partial charge in [-0.25, -0.2) is 0 Å². The van der Waals surface area contributed by atoms with E-state index in [0.29, 0.717) is 5.75 Å². The Hall–Kier alpha value is -2.75. The molecule has 0 fully saturated rings. The largest absolute Gasteiger partial charge is 0.493 e. The number of ether oxygens (including phenoxy) is 2. The van der Waals surface area contributed by atoms with Crippen molar-refractivity contribution in [2.75, 3.05) is 20.8 Å². The molecule has 0 bridgehead atoms. The first-order valence-corrected chi connectivity index (χ1v) is 8.97. The monoisotopic (exact) mass is 351 g/mol. The Balaban J connectivity index is 1.96. The van der Waals surface area contributed by atoms with Crippen LogP contribution in [0, 0.1) is 0 Å². The first-order chi connectivity index (χ1) is 12.7. The van der Waals surface area contributed by atoms with E-state index in [9.17, 15) is 4.79 Å². The van der Waals surface area contributed by atoms with Crippen LogP contribution in [0.25, 0.3) is 5.70 Å². The van der Waals surface area contributed by atoms with Crippen molar-refractivity contribution < 1.29 is 14.3 Å². The predicted octanol–water partition coefficient (Wildman–Crippen LogP) is 3.95. The van der Waals surface area contributed by atoms with E-state index in [1.54, 1.807) is 20.3 Å². The highest BCUT2D eigenvalue weighted by Crippen LogP contribution is 2.35. The zero-order chi connectivity index (χ0) is 18.5. The summed E-state index contributed by atoms with van der Waals surface area (Å²) in [5.41, 5.74) is 4.07. The fraction of sp³-hybridized carbons (Fsp3) is 0.318. The molecule has 1 N–H and O–H groups in total. The average molecular weight is 351 g/mol. The molecule has 26 heavy (non-hydrogen) atoms. The summed E-state index contributed by atoms with van der Waals surface area (Å²) < 4.78 is 10.8. The van der Waals surface area contributed by atoms with Gasteiger partial charge in [-0.05, 0) is 36.1 Å². The summed E-state index contributed by atoms with van der Waals surface area (Å²) in [5, 5.41) is 3.37. The fourth-order valence-corrected chi connectivity index (χ4v) is 3.46. The van der Waals surface area contributed by atoms with Crippen molar-refractivity contribution in [3.05, 3.63) is 65.2 Å². The standard InChI is InChI=1S/C22H25NO3/c1-4-17(15-8-6-5-7-9-15)20(24)14-19-18-13-22(26-3)21(25-2)12-16(18)10-11-23-19/h5-9,12-14,17,23H,4,10-11H2,1-3H3/b19-14-. The predicted molar refractivity (Wildman–Crippen MR) is 104 cm³/mol. The van der Waals surface area contributed by atoms with E-state index in [-0.39, 0.29) is 11.7 Å². The molecule has 0 saturated carbocycles. The van der Waals surface area contributed by atoms with Gasteiger partial charge in [-0.15, -0.1) is 0 Å². The van der Waals surface area contributed by atoms with Crippen LogP contribution < -0.4 is 14.8 Å². The molecule has 4 heteroatoms. The highest BCUT2D eigenvalue weighted by molar-refractivity contribution is 6.01. The number of benzene rings is 2. The van der Waals surface area contributed by atoms with Crippen molar-refractivity contribution in [2.24, 2.45) is 0 Å². The number of hydrogen-bond acceptors (Lipinski definition) is 4. The highest BCUT2D eigenvalue weighted by Gasteiger charge is 2.22. The third-order valence-corrected chi connectivity index (χ3v) is 4.85. The van der Waals surface area contributed by atoms with E-state index >= 15 is 0 Å². The van der Waals surface area contributed by atoms with Crippen molar-refractivity contribution in [1.82, 2.24) is 5.32 Å². The second-order valence-corrected chi connectivity index (χ2v) is 6.37. The Kier molecular flexibility index (Phi) is 5.61. The minimum Gasteiger partial charge on any atom is -0.493 e. The van der Waals surface area contributed by atoms with Crippen LogP contribution >= 0.6 is 0 Å². The molecule has 136 valence electrons. The number of methoxy groups -OCH3 is 2. The minimum atomic E-state index is -0.129. The molecule has 1 aliphatic heterocycles. The molecule has 1 heterocycles. The van der Waals surface area contributed by atoms with Crippen LogP contribution in [-0.2, 0) is 11.2 Å². The van der Waals surface area contributed by atoms with Gasteiger partial charge in [0.05, 0.1) is 14.2 Å². The quantitative estimate of drug-likeness (QED) is 0.801. The maximum Gasteiger partial charge on any atom is 0.165 e. The molecule has 0 amide bonds. The number of ketones is 1. The summed E-state index contributed by atoms with van der Waals surface area (Å²) in [6.45, 7) is 2.84. The van der Waals surface area contributed by atoms with Gasteiger partial charge in [0.25, 0.3) is 0 Å². The SMILES string of the molecule is CCC(C(=O)/C=C1\NCCc2cc(OC)c(OC)cc21)c1ccccc1. The Morgan fingerprint density at radius 2 is 1.85 bits per heavy atom. The number of fused-ring (bicyclic) bond motifs is 1. The summed E-state index contributed by atoms with van der Waals surface area (Å²) in [6.07, 6.45) is 3.40. The summed E-state index contributed by atoms with van der Waals surface area (Å²) >= 11 is 0. The zero-order valence-corrected chi connectivity index (χ0v) is 15.5. The molecule has 0 saturated heterocycles. The number of nitrogens with one attached hydrogen (secondary N) is 1. The van der Waals surface area contributed by atoms with Crippen LogP contribution in [0.2, 0.25) is 0 Å². The lowest BCUT2D eigenvalue weighted by Gasteiger charge is -2.23. The van der Waals surface area contributed by atoms with Gasteiger partial charge >= 0.3 is 0 Å². The average Bonchev–Trinajstić information content (AvgIpc) is 2.68. The molecule has 4 nitrogen and oxygen atoms in total. The second-order valence-electron chi connectivity index (χ2n) is 6.37. The summed E-state index contributed by atoms with van der Waals surface area (Å²) in [4.78, 5) is 13.0. The lowest BCUT2D eigenvalue weighted by molar-refractivity contribution is -0.116. The Labute approximate surface area is 154 Å². The molecule has 1 atom stereocenters. The van der Waals surface area contributed by atoms with Gasteiger partial charge in [-0.3, -0.25) is 4.79 Å². The first kappa shape index (κ1) is 18.1. The molecule has 0 radical (unpaired) electrons. The summed E-state index contributed by atoms with van der Waals surface area (Å²) in [5.74, 6) is 1.37. The molecule has 0 aromatic heterocycles. The Morgan fingerprint density at radius 3 is 2.50 bits per heavy atom. The first-order valence-electron chi connectivity index (χ1n) is 8.97. The molecule has 3 rings (SSSR count). The number of carbonyl (C=O) groups excluding carboxylic acids is 1. The number of rotatable bonds is 6. The van der Waals surface area contributed by atoms with Gasteiger partial charge in [0.1, 0.15) is 0 Å². The molecule has 0 aliphatic carbocycles. The minimum absolute atomic E-state index is 0.115. The molecule has 2 aromatic rings. The third kappa shape index (κ3) is 3.59. The van der Waals surface area contributed by atoms with E-state index in [2.05, 4.69) is 5.32 Å². The van der Waals surface area contributed by atoms with Crippen LogP contribution in [0.3, 0.4) is 0 Å². The van der Waals surface area contributed by atoms with Crippen LogP contribution in [0.5, 0.6) is 11.5 Å². The van der Waals surface area contributed by atoms with E-state index in [1.807, 2.05) is 49.4 Å². The van der Waals surface area contributed by atoms with Gasteiger partial charge in [-0.1, -0.05) is 37.3 Å². The van der Waals surface area contributed by atoms with E-state index < -0.39 is 0 Å². The fourth-order valence-electron chi connectivity index (χ4n) is 3.46. The van der Waals surface area contributed by atoms with Crippen molar-refractivity contribution in [1.29, 1.82) is 0 Å². The molecular weight excluding hydrogens is 326 g/mol. The van der Waals surface area contributed by atoms with Crippen LogP contribution in [-0.4, -0.2) is 26.5 Å². The lowest BCUT2D eigenvalue weighted by atomic mass is 9.90. The van der Waals surface area contributed by atoms with Crippen molar-refractivity contribution in [3.63, 3.8) is 0 Å². The van der Waals surface area contributed by atoms with Gasteiger partial charge in [0, 0.05) is 29.8 Å². The normalized spacial score (nSPS) is 15.7. The Morgan fingerprint density at radius 1 is 1.15 bits per heavy atom. The molecular formula is C22H25NO3. The van der Waals surface area contributed by atoms with Crippen molar-refractivity contribution in [2.45, 2.75) is 25.7 Å². The van der Waals surface area contributed by atoms with Crippen molar-refractivity contribution in [3.8, 4) is 11.5 Å². The second kappa shape index (κ2) is 8.09. The molecule has 2 aromatic carbocycles. The van der Waals surface area contributed by atoms with E-state index in [4.69, 9.17) is 9.47 Å². The maximum absolute atomic E-state index is 13.0. The van der Waals surface area contributed by atoms with Crippen LogP contribution in [0.1, 0.15) is 36.0 Å². The summed E-state index contributed by atoms with van der Waals surface area (Å²) in [7, 11) is 3.26. The van der Waals surface area contributed by atoms with E-state index in [1.165, 1.54) is 0 Å². The third-order valence-electron chi connectivity index (χ3n) is 4.85. The lowest BCUT2D eigenvalue weighted by Crippen LogP contribution is -2.24. The Bertz CT molecular complexity index is 812. The van der Waals surface area contributed by atoms with Crippen LogP contribution in [0.4, 0.5) is 0 Å². The molecule has 0 spiro atoms. The zero-order valence-electron chi connectivity index (χ0n) is 15.5. The van der Waals surface area contributed by atoms with Gasteiger partial charge in [0.15, 0.2) is 17.3 Å². The van der Waals surface area contributed by atoms with E-state index in [0.717, 1.165) is 47.5 Å². The molecule has 1 aliphatic rings.